The Bertz CT molecular complexity index is 245. The summed E-state index contributed by atoms with van der Waals surface area (Å²) in [7, 11) is 0. The SMILES string of the molecule is CC(O)CC(C)(C)CNC(=O)NCC(C)(C)O. The lowest BCUT2D eigenvalue weighted by Crippen LogP contribution is -2.46. The first-order valence-corrected chi connectivity index (χ1v) is 5.94. The van der Waals surface area contributed by atoms with Crippen LogP contribution in [-0.4, -0.2) is 41.0 Å². The van der Waals surface area contributed by atoms with Crippen LogP contribution < -0.4 is 10.6 Å². The van der Waals surface area contributed by atoms with E-state index in [2.05, 4.69) is 10.6 Å². The van der Waals surface area contributed by atoms with E-state index < -0.39 is 5.60 Å². The summed E-state index contributed by atoms with van der Waals surface area (Å²) in [5.41, 5.74) is -1.06. The van der Waals surface area contributed by atoms with E-state index in [0.717, 1.165) is 0 Å². The second-order valence-electron chi connectivity index (χ2n) is 6.07. The van der Waals surface area contributed by atoms with Crippen LogP contribution in [0.15, 0.2) is 0 Å². The van der Waals surface area contributed by atoms with E-state index in [1.807, 2.05) is 13.8 Å². The number of hydrogen-bond acceptors (Lipinski definition) is 3. The van der Waals surface area contributed by atoms with Gasteiger partial charge in [0, 0.05) is 13.1 Å². The van der Waals surface area contributed by atoms with Crippen LogP contribution in [0.3, 0.4) is 0 Å². The van der Waals surface area contributed by atoms with Crippen molar-refractivity contribution in [3.63, 3.8) is 0 Å². The molecule has 102 valence electrons. The van der Waals surface area contributed by atoms with Gasteiger partial charge in [-0.15, -0.1) is 0 Å². The number of amides is 2. The Kier molecular flexibility index (Phi) is 5.92. The van der Waals surface area contributed by atoms with Crippen LogP contribution in [0.2, 0.25) is 0 Å². The summed E-state index contributed by atoms with van der Waals surface area (Å²) < 4.78 is 0. The number of aliphatic hydroxyl groups excluding tert-OH is 1. The van der Waals surface area contributed by atoms with Crippen LogP contribution in [0.4, 0.5) is 4.79 Å². The number of carbonyl (C=O) groups is 1. The molecule has 0 aliphatic heterocycles. The summed E-state index contributed by atoms with van der Waals surface area (Å²) in [5, 5.41) is 24.1. The maximum atomic E-state index is 11.4. The maximum Gasteiger partial charge on any atom is 0.314 e. The number of rotatable bonds is 6. The largest absolute Gasteiger partial charge is 0.393 e. The Labute approximate surface area is 104 Å². The molecule has 0 aromatic rings. The molecule has 5 nitrogen and oxygen atoms in total. The molecule has 0 aliphatic rings. The van der Waals surface area contributed by atoms with Gasteiger partial charge < -0.3 is 20.8 Å². The molecule has 0 saturated carbocycles. The van der Waals surface area contributed by atoms with Gasteiger partial charge in [0.1, 0.15) is 0 Å². The second-order valence-corrected chi connectivity index (χ2v) is 6.07. The van der Waals surface area contributed by atoms with E-state index in [-0.39, 0.29) is 24.1 Å². The van der Waals surface area contributed by atoms with Gasteiger partial charge in [0.2, 0.25) is 0 Å². The predicted molar refractivity (Wildman–Crippen MR) is 67.8 cm³/mol. The Morgan fingerprint density at radius 1 is 1.18 bits per heavy atom. The molecule has 0 spiro atoms. The lowest BCUT2D eigenvalue weighted by atomic mass is 9.87. The molecule has 1 unspecified atom stereocenters. The van der Waals surface area contributed by atoms with Crippen LogP contribution >= 0.6 is 0 Å². The van der Waals surface area contributed by atoms with E-state index in [4.69, 9.17) is 0 Å². The fourth-order valence-electron chi connectivity index (χ4n) is 1.55. The average Bonchev–Trinajstić information content (AvgIpc) is 2.08. The minimum absolute atomic E-state index is 0.153. The summed E-state index contributed by atoms with van der Waals surface area (Å²) in [5.74, 6) is 0. The fraction of sp³-hybridized carbons (Fsp3) is 0.917. The molecule has 1 atom stereocenters. The third-order valence-electron chi connectivity index (χ3n) is 2.26. The highest BCUT2D eigenvalue weighted by atomic mass is 16.3. The van der Waals surface area contributed by atoms with E-state index in [1.54, 1.807) is 20.8 Å². The Morgan fingerprint density at radius 2 is 1.65 bits per heavy atom. The zero-order valence-electron chi connectivity index (χ0n) is 11.5. The number of carbonyl (C=O) groups excluding carboxylic acids is 1. The standard InChI is InChI=1S/C12H26N2O3/c1-9(15)6-11(2,3)7-13-10(16)14-8-12(4,5)17/h9,15,17H,6-8H2,1-5H3,(H2,13,14,16). The molecular formula is C12H26N2O3. The third kappa shape index (κ3) is 10.1. The van der Waals surface area contributed by atoms with Crippen molar-refractivity contribution in [2.75, 3.05) is 13.1 Å². The van der Waals surface area contributed by atoms with E-state index in [9.17, 15) is 15.0 Å². The highest BCUT2D eigenvalue weighted by molar-refractivity contribution is 5.73. The molecule has 0 radical (unpaired) electrons. The Hall–Kier alpha value is -0.810. The summed E-state index contributed by atoms with van der Waals surface area (Å²) >= 11 is 0. The van der Waals surface area contributed by atoms with Gasteiger partial charge in [0.15, 0.2) is 0 Å². The van der Waals surface area contributed by atoms with Crippen LogP contribution in [0.1, 0.15) is 41.0 Å². The normalized spacial score (nSPS) is 14.3. The van der Waals surface area contributed by atoms with Crippen molar-refractivity contribution in [2.45, 2.75) is 52.7 Å². The minimum atomic E-state index is -0.910. The van der Waals surface area contributed by atoms with Gasteiger partial charge >= 0.3 is 6.03 Å². The summed E-state index contributed by atoms with van der Waals surface area (Å²) in [6.45, 7) is 9.64. The highest BCUT2D eigenvalue weighted by Gasteiger charge is 2.21. The molecule has 0 saturated heterocycles. The van der Waals surface area contributed by atoms with Crippen molar-refractivity contribution in [3.05, 3.63) is 0 Å². The van der Waals surface area contributed by atoms with E-state index in [0.29, 0.717) is 13.0 Å². The molecule has 0 aliphatic carbocycles. The topological polar surface area (TPSA) is 81.6 Å². The molecule has 4 N–H and O–H groups in total. The zero-order valence-corrected chi connectivity index (χ0v) is 11.5. The van der Waals surface area contributed by atoms with Gasteiger partial charge in [0.25, 0.3) is 0 Å². The summed E-state index contributed by atoms with van der Waals surface area (Å²) in [4.78, 5) is 11.4. The molecule has 0 aromatic heterocycles. The predicted octanol–water partition coefficient (Wildman–Crippen LogP) is 0.854. The molecule has 5 heteroatoms. The molecule has 2 amide bonds. The first-order valence-electron chi connectivity index (χ1n) is 5.94. The van der Waals surface area contributed by atoms with Crippen molar-refractivity contribution in [2.24, 2.45) is 5.41 Å². The van der Waals surface area contributed by atoms with Gasteiger partial charge in [-0.1, -0.05) is 13.8 Å². The lowest BCUT2D eigenvalue weighted by molar-refractivity contribution is 0.0816. The fourth-order valence-corrected chi connectivity index (χ4v) is 1.55. The van der Waals surface area contributed by atoms with Crippen molar-refractivity contribution >= 4 is 6.03 Å². The molecule has 0 aromatic carbocycles. The van der Waals surface area contributed by atoms with E-state index in [1.165, 1.54) is 0 Å². The number of hydrogen-bond donors (Lipinski definition) is 4. The molecule has 0 heterocycles. The Balaban J connectivity index is 3.91. The van der Waals surface area contributed by atoms with Gasteiger partial charge in [-0.05, 0) is 32.6 Å². The molecule has 0 bridgehead atoms. The number of aliphatic hydroxyl groups is 2. The summed E-state index contributed by atoms with van der Waals surface area (Å²) in [6, 6.07) is -0.300. The van der Waals surface area contributed by atoms with Crippen molar-refractivity contribution in [3.8, 4) is 0 Å². The van der Waals surface area contributed by atoms with E-state index >= 15 is 0 Å². The first-order chi connectivity index (χ1) is 7.52. The monoisotopic (exact) mass is 246 g/mol. The van der Waals surface area contributed by atoms with Gasteiger partial charge in [0.05, 0.1) is 11.7 Å². The van der Waals surface area contributed by atoms with Crippen molar-refractivity contribution in [1.82, 2.24) is 10.6 Å². The maximum absolute atomic E-state index is 11.4. The minimum Gasteiger partial charge on any atom is -0.393 e. The Morgan fingerprint density at radius 3 is 2.06 bits per heavy atom. The molecular weight excluding hydrogens is 220 g/mol. The second kappa shape index (κ2) is 6.21. The van der Waals surface area contributed by atoms with Crippen LogP contribution in [0, 0.1) is 5.41 Å². The quantitative estimate of drug-likeness (QED) is 0.561. The van der Waals surface area contributed by atoms with Gasteiger partial charge in [-0.25, -0.2) is 4.79 Å². The number of urea groups is 1. The van der Waals surface area contributed by atoms with Gasteiger partial charge in [-0.3, -0.25) is 0 Å². The van der Waals surface area contributed by atoms with Crippen molar-refractivity contribution in [1.29, 1.82) is 0 Å². The molecule has 17 heavy (non-hydrogen) atoms. The van der Waals surface area contributed by atoms with Crippen LogP contribution in [-0.2, 0) is 0 Å². The van der Waals surface area contributed by atoms with Crippen LogP contribution in [0.25, 0.3) is 0 Å². The smallest absolute Gasteiger partial charge is 0.314 e. The lowest BCUT2D eigenvalue weighted by Gasteiger charge is -2.26. The number of nitrogens with one attached hydrogen (secondary N) is 2. The summed E-state index contributed by atoms with van der Waals surface area (Å²) in [6.07, 6.45) is 0.241. The van der Waals surface area contributed by atoms with Gasteiger partial charge in [-0.2, -0.15) is 0 Å². The van der Waals surface area contributed by atoms with Crippen LogP contribution in [0.5, 0.6) is 0 Å². The zero-order chi connectivity index (χ0) is 13.7. The molecule has 0 rings (SSSR count). The van der Waals surface area contributed by atoms with Crippen molar-refractivity contribution < 1.29 is 15.0 Å². The molecule has 0 fully saturated rings. The average molecular weight is 246 g/mol. The third-order valence-corrected chi connectivity index (χ3v) is 2.26. The first kappa shape index (κ1) is 16.2. The highest BCUT2D eigenvalue weighted by Crippen LogP contribution is 2.20.